The standard InChI is InChI=1S/C21H16ClFN2OS/c22-17-8-6-16(7-9-17)20(26)19(25-12-2-1-3-13-25)21(27)24-14-15-4-10-18(23)11-5-15/h1-13,19H,14H2/t19-/m0/s1. The van der Waals surface area contributed by atoms with Crippen molar-refractivity contribution in [2.45, 2.75) is 12.6 Å². The normalized spacial score (nSPS) is 12.6. The van der Waals surface area contributed by atoms with Crippen molar-refractivity contribution in [3.05, 3.63) is 101 Å². The minimum absolute atomic E-state index is 0.171. The number of benzene rings is 2. The van der Waals surface area contributed by atoms with Gasteiger partial charge in [0.15, 0.2) is 12.4 Å². The highest BCUT2D eigenvalue weighted by atomic mass is 35.5. The number of carbonyl (C=O) groups is 1. The van der Waals surface area contributed by atoms with Gasteiger partial charge in [0.25, 0.3) is 0 Å². The Morgan fingerprint density at radius 2 is 1.67 bits per heavy atom. The van der Waals surface area contributed by atoms with Crippen LogP contribution in [-0.2, 0) is 19.2 Å². The van der Waals surface area contributed by atoms with Crippen LogP contribution in [0.2, 0.25) is 5.02 Å². The van der Waals surface area contributed by atoms with Crippen LogP contribution in [0, 0.1) is 5.82 Å². The van der Waals surface area contributed by atoms with E-state index in [1.54, 1.807) is 53.4 Å². The number of Topliss-reactive ketones (excluding diaryl/α,β-unsaturated/α-hetero) is 1. The molecule has 0 spiro atoms. The molecule has 0 unspecified atom stereocenters. The van der Waals surface area contributed by atoms with Gasteiger partial charge in [0.1, 0.15) is 5.82 Å². The molecule has 0 aliphatic carbocycles. The molecule has 3 nitrogen and oxygen atoms in total. The van der Waals surface area contributed by atoms with Gasteiger partial charge in [0.05, 0.1) is 6.54 Å². The first-order valence-electron chi connectivity index (χ1n) is 8.26. The Balaban J connectivity index is 1.91. The number of hydrogen-bond acceptors (Lipinski definition) is 3. The monoisotopic (exact) mass is 398 g/mol. The average molecular weight is 399 g/mol. The van der Waals surface area contributed by atoms with Crippen LogP contribution in [0.5, 0.6) is 0 Å². The maximum absolute atomic E-state index is 13.1. The van der Waals surface area contributed by atoms with Crippen LogP contribution in [-0.4, -0.2) is 10.8 Å². The number of pyridine rings is 1. The lowest BCUT2D eigenvalue weighted by Gasteiger charge is -2.18. The predicted molar refractivity (Wildman–Crippen MR) is 106 cm³/mol. The zero-order valence-electron chi connectivity index (χ0n) is 14.3. The summed E-state index contributed by atoms with van der Waals surface area (Å²) in [5.41, 5.74) is 1.31. The van der Waals surface area contributed by atoms with E-state index in [9.17, 15) is 9.18 Å². The number of halogens is 2. The molecule has 27 heavy (non-hydrogen) atoms. The van der Waals surface area contributed by atoms with Crippen LogP contribution in [0.4, 0.5) is 4.39 Å². The SMILES string of the molecule is O=C(c1ccc(Cl)cc1)[C@@H](C([S-])=NCc1ccc(F)cc1)[n+]1ccccc1. The molecule has 6 heteroatoms. The zero-order chi connectivity index (χ0) is 19.2. The van der Waals surface area contributed by atoms with E-state index in [0.29, 0.717) is 10.6 Å². The number of nitrogens with zero attached hydrogens (tertiary/aromatic N) is 2. The number of aliphatic imine (C=N–C) groups is 1. The molecule has 0 saturated carbocycles. The van der Waals surface area contributed by atoms with Crippen molar-refractivity contribution >= 4 is 35.1 Å². The lowest BCUT2D eigenvalue weighted by Crippen LogP contribution is -2.47. The molecule has 0 saturated heterocycles. The highest BCUT2D eigenvalue weighted by molar-refractivity contribution is 7.77. The summed E-state index contributed by atoms with van der Waals surface area (Å²) >= 11 is 11.4. The van der Waals surface area contributed by atoms with Gasteiger partial charge in [-0.15, -0.1) is 0 Å². The van der Waals surface area contributed by atoms with Crippen molar-refractivity contribution in [3.63, 3.8) is 0 Å². The van der Waals surface area contributed by atoms with Crippen LogP contribution in [0.15, 0.2) is 84.1 Å². The molecular weight excluding hydrogens is 383 g/mol. The molecule has 0 aliphatic heterocycles. The minimum atomic E-state index is -0.747. The van der Waals surface area contributed by atoms with Gasteiger partial charge >= 0.3 is 0 Å². The van der Waals surface area contributed by atoms with Crippen molar-refractivity contribution in [3.8, 4) is 0 Å². The van der Waals surface area contributed by atoms with Crippen molar-refractivity contribution in [2.24, 2.45) is 4.99 Å². The lowest BCUT2D eigenvalue weighted by atomic mass is 10.0. The Morgan fingerprint density at radius 3 is 2.30 bits per heavy atom. The van der Waals surface area contributed by atoms with Crippen molar-refractivity contribution in [1.29, 1.82) is 0 Å². The molecule has 136 valence electrons. The number of carbonyl (C=O) groups excluding carboxylic acids is 1. The van der Waals surface area contributed by atoms with E-state index >= 15 is 0 Å². The number of hydrogen-bond donors (Lipinski definition) is 0. The molecule has 3 aromatic rings. The van der Waals surface area contributed by atoms with E-state index in [-0.39, 0.29) is 23.2 Å². The topological polar surface area (TPSA) is 33.3 Å². The van der Waals surface area contributed by atoms with E-state index in [4.69, 9.17) is 24.2 Å². The smallest absolute Gasteiger partial charge is 0.237 e. The summed E-state index contributed by atoms with van der Waals surface area (Å²) in [5.74, 6) is -0.479. The van der Waals surface area contributed by atoms with Crippen molar-refractivity contribution < 1.29 is 13.8 Å². The fourth-order valence-electron chi connectivity index (χ4n) is 2.58. The summed E-state index contributed by atoms with van der Waals surface area (Å²) in [6, 6.07) is 17.5. The van der Waals surface area contributed by atoms with Crippen LogP contribution in [0.3, 0.4) is 0 Å². The molecule has 2 aromatic carbocycles. The Labute approximate surface area is 167 Å². The minimum Gasteiger partial charge on any atom is -0.758 e. The second-order valence-electron chi connectivity index (χ2n) is 5.88. The van der Waals surface area contributed by atoms with E-state index < -0.39 is 6.04 Å². The second kappa shape index (κ2) is 8.84. The highest BCUT2D eigenvalue weighted by Gasteiger charge is 2.27. The quantitative estimate of drug-likeness (QED) is 0.203. The Bertz CT molecular complexity index is 944. The average Bonchev–Trinajstić information content (AvgIpc) is 2.69. The third-order valence-corrected chi connectivity index (χ3v) is 4.58. The van der Waals surface area contributed by atoms with Gasteiger partial charge in [-0.05, 0) is 47.0 Å². The van der Waals surface area contributed by atoms with Gasteiger partial charge in [0.2, 0.25) is 11.8 Å². The third kappa shape index (κ3) is 4.96. The fourth-order valence-corrected chi connectivity index (χ4v) is 3.00. The molecule has 0 fully saturated rings. The number of aromatic nitrogens is 1. The molecule has 0 aliphatic rings. The summed E-state index contributed by atoms with van der Waals surface area (Å²) < 4.78 is 14.8. The van der Waals surface area contributed by atoms with Crippen LogP contribution in [0.1, 0.15) is 22.0 Å². The molecule has 0 N–H and O–H groups in total. The van der Waals surface area contributed by atoms with E-state index in [0.717, 1.165) is 5.56 Å². The summed E-state index contributed by atoms with van der Waals surface area (Å²) in [7, 11) is 0. The third-order valence-electron chi connectivity index (χ3n) is 3.98. The summed E-state index contributed by atoms with van der Waals surface area (Å²) in [4.78, 5) is 17.5. The first kappa shape index (κ1) is 19.1. The van der Waals surface area contributed by atoms with E-state index in [1.165, 1.54) is 12.1 Å². The van der Waals surface area contributed by atoms with Gasteiger partial charge < -0.3 is 17.6 Å². The largest absolute Gasteiger partial charge is 0.758 e. The van der Waals surface area contributed by atoms with Crippen LogP contribution < -0.4 is 4.57 Å². The molecule has 1 heterocycles. The summed E-state index contributed by atoms with van der Waals surface area (Å²) in [5, 5.41) is 0.814. The first-order valence-corrected chi connectivity index (χ1v) is 9.04. The lowest BCUT2D eigenvalue weighted by molar-refractivity contribution is -0.691. The highest BCUT2D eigenvalue weighted by Crippen LogP contribution is 2.16. The maximum atomic E-state index is 13.1. The van der Waals surface area contributed by atoms with Gasteiger partial charge in [-0.3, -0.25) is 4.79 Å². The Morgan fingerprint density at radius 1 is 1.04 bits per heavy atom. The molecule has 0 radical (unpaired) electrons. The zero-order valence-corrected chi connectivity index (χ0v) is 15.8. The predicted octanol–water partition coefficient (Wildman–Crippen LogP) is 4.34. The van der Waals surface area contributed by atoms with E-state index in [2.05, 4.69) is 4.99 Å². The van der Waals surface area contributed by atoms with Gasteiger partial charge in [-0.2, -0.15) is 4.57 Å². The first-order chi connectivity index (χ1) is 13.0. The maximum Gasteiger partial charge on any atom is 0.237 e. The molecule has 0 amide bonds. The molecule has 1 aromatic heterocycles. The van der Waals surface area contributed by atoms with Gasteiger partial charge in [-0.1, -0.05) is 29.8 Å². The van der Waals surface area contributed by atoms with Crippen LogP contribution in [0.25, 0.3) is 0 Å². The number of ketones is 1. The number of rotatable bonds is 6. The van der Waals surface area contributed by atoms with Crippen molar-refractivity contribution in [2.75, 3.05) is 0 Å². The van der Waals surface area contributed by atoms with Crippen LogP contribution >= 0.6 is 11.6 Å². The second-order valence-corrected chi connectivity index (χ2v) is 6.73. The summed E-state index contributed by atoms with van der Waals surface area (Å²) in [6.45, 7) is 0.275. The molecule has 1 atom stereocenters. The molecule has 0 bridgehead atoms. The molecule has 3 rings (SSSR count). The Hall–Kier alpha value is -2.63. The molecular formula is C21H16ClFN2OS. The van der Waals surface area contributed by atoms with Gasteiger partial charge in [0, 0.05) is 22.7 Å². The van der Waals surface area contributed by atoms with Gasteiger partial charge in [-0.25, -0.2) is 4.39 Å². The van der Waals surface area contributed by atoms with Crippen molar-refractivity contribution in [1.82, 2.24) is 0 Å². The fraction of sp³-hybridized carbons (Fsp3) is 0.0952. The van der Waals surface area contributed by atoms with E-state index in [1.807, 2.05) is 18.2 Å². The Kier molecular flexibility index (Phi) is 6.27. The summed E-state index contributed by atoms with van der Waals surface area (Å²) in [6.07, 6.45) is 3.55.